The molecule has 2 rings (SSSR count). The smallest absolute Gasteiger partial charge is 0.123 e. The molecule has 1 saturated heterocycles. The van der Waals surface area contributed by atoms with Gasteiger partial charge in [0, 0.05) is 25.8 Å². The van der Waals surface area contributed by atoms with Gasteiger partial charge in [0.25, 0.3) is 0 Å². The first-order chi connectivity index (χ1) is 8.24. The summed E-state index contributed by atoms with van der Waals surface area (Å²) in [6, 6.07) is 3.92. The molecule has 4 heteroatoms. The maximum Gasteiger partial charge on any atom is 0.123 e. The molecule has 1 aliphatic heterocycles. The van der Waals surface area contributed by atoms with E-state index < -0.39 is 0 Å². The largest absolute Gasteiger partial charge is 0.384 e. The van der Waals surface area contributed by atoms with Crippen LogP contribution in [0.2, 0.25) is 0 Å². The van der Waals surface area contributed by atoms with Gasteiger partial charge in [-0.1, -0.05) is 6.07 Å². The molecule has 0 unspecified atom stereocenters. The molecule has 1 aliphatic rings. The van der Waals surface area contributed by atoms with Gasteiger partial charge in [0.1, 0.15) is 5.82 Å². The third-order valence-electron chi connectivity index (χ3n) is 3.30. The van der Waals surface area contributed by atoms with E-state index in [0.29, 0.717) is 5.82 Å². The van der Waals surface area contributed by atoms with Gasteiger partial charge in [-0.2, -0.15) is 0 Å². The maximum absolute atomic E-state index is 5.57. The lowest BCUT2D eigenvalue weighted by Crippen LogP contribution is -2.31. The number of aromatic nitrogens is 1. The number of likely N-dealkylation sites (tertiary alicyclic amines) is 1. The Morgan fingerprint density at radius 1 is 1.35 bits per heavy atom. The SMILES string of the molecule is CN(CCN1CCCC1)Cc1ccc(N)nc1. The third kappa shape index (κ3) is 3.98. The Bertz CT molecular complexity index is 330. The van der Waals surface area contributed by atoms with Crippen LogP contribution < -0.4 is 5.73 Å². The van der Waals surface area contributed by atoms with Crippen LogP contribution in [0.25, 0.3) is 0 Å². The van der Waals surface area contributed by atoms with Crippen LogP contribution in [0.15, 0.2) is 18.3 Å². The number of nitrogen functional groups attached to an aromatic ring is 1. The van der Waals surface area contributed by atoms with Crippen molar-refractivity contribution >= 4 is 5.82 Å². The van der Waals surface area contributed by atoms with E-state index in [1.165, 1.54) is 38.0 Å². The molecule has 0 saturated carbocycles. The molecule has 0 radical (unpaired) electrons. The number of pyridine rings is 1. The fourth-order valence-corrected chi connectivity index (χ4v) is 2.24. The highest BCUT2D eigenvalue weighted by atomic mass is 15.2. The molecule has 0 aliphatic carbocycles. The van der Waals surface area contributed by atoms with Crippen LogP contribution in [-0.4, -0.2) is 48.0 Å². The molecule has 0 amide bonds. The summed E-state index contributed by atoms with van der Waals surface area (Å²) in [5.74, 6) is 0.591. The molecule has 4 nitrogen and oxygen atoms in total. The van der Waals surface area contributed by atoms with E-state index in [9.17, 15) is 0 Å². The lowest BCUT2D eigenvalue weighted by atomic mass is 10.2. The minimum absolute atomic E-state index is 0.591. The lowest BCUT2D eigenvalue weighted by Gasteiger charge is -2.21. The summed E-state index contributed by atoms with van der Waals surface area (Å²) in [5.41, 5.74) is 6.79. The highest BCUT2D eigenvalue weighted by Gasteiger charge is 2.11. The number of nitrogens with zero attached hydrogens (tertiary/aromatic N) is 3. The van der Waals surface area contributed by atoms with Crippen LogP contribution in [0, 0.1) is 0 Å². The van der Waals surface area contributed by atoms with Crippen molar-refractivity contribution in [3.63, 3.8) is 0 Å². The predicted octanol–water partition coefficient (Wildman–Crippen LogP) is 1.19. The summed E-state index contributed by atoms with van der Waals surface area (Å²) in [6.45, 7) is 5.79. The van der Waals surface area contributed by atoms with E-state index in [1.54, 1.807) is 0 Å². The van der Waals surface area contributed by atoms with Crippen molar-refractivity contribution in [3.8, 4) is 0 Å². The first-order valence-corrected chi connectivity index (χ1v) is 6.35. The van der Waals surface area contributed by atoms with Crippen LogP contribution >= 0.6 is 0 Å². The Balaban J connectivity index is 1.72. The van der Waals surface area contributed by atoms with Crippen molar-refractivity contribution in [3.05, 3.63) is 23.9 Å². The quantitative estimate of drug-likeness (QED) is 0.831. The van der Waals surface area contributed by atoms with Crippen LogP contribution in [0.4, 0.5) is 5.82 Å². The number of nitrogens with two attached hydrogens (primary N) is 1. The first kappa shape index (κ1) is 12.3. The molecule has 0 bridgehead atoms. The standard InChI is InChI=1S/C13H22N4/c1-16(8-9-17-6-2-3-7-17)11-12-4-5-13(14)15-10-12/h4-5,10H,2-3,6-9,11H2,1H3,(H2,14,15). The zero-order chi connectivity index (χ0) is 12.1. The average Bonchev–Trinajstić information content (AvgIpc) is 2.83. The Hall–Kier alpha value is -1.13. The summed E-state index contributed by atoms with van der Waals surface area (Å²) in [5, 5.41) is 0. The second kappa shape index (κ2) is 5.98. The monoisotopic (exact) mass is 234 g/mol. The Morgan fingerprint density at radius 3 is 2.76 bits per heavy atom. The summed E-state index contributed by atoms with van der Waals surface area (Å²) >= 11 is 0. The van der Waals surface area contributed by atoms with E-state index >= 15 is 0 Å². The van der Waals surface area contributed by atoms with E-state index in [1.807, 2.05) is 12.3 Å². The molecule has 1 fully saturated rings. The summed E-state index contributed by atoms with van der Waals surface area (Å²) < 4.78 is 0. The van der Waals surface area contributed by atoms with Crippen molar-refractivity contribution < 1.29 is 0 Å². The summed E-state index contributed by atoms with van der Waals surface area (Å²) in [4.78, 5) is 8.99. The number of hydrogen-bond donors (Lipinski definition) is 1. The highest BCUT2D eigenvalue weighted by Crippen LogP contribution is 2.08. The van der Waals surface area contributed by atoms with Gasteiger partial charge in [-0.05, 0) is 44.6 Å². The van der Waals surface area contributed by atoms with Gasteiger partial charge < -0.3 is 15.5 Å². The molecule has 2 N–H and O–H groups in total. The molecule has 17 heavy (non-hydrogen) atoms. The number of hydrogen-bond acceptors (Lipinski definition) is 4. The van der Waals surface area contributed by atoms with Crippen LogP contribution in [0.5, 0.6) is 0 Å². The third-order valence-corrected chi connectivity index (χ3v) is 3.30. The molecule has 94 valence electrons. The molecule has 1 aromatic rings. The van der Waals surface area contributed by atoms with Gasteiger partial charge in [-0.25, -0.2) is 4.98 Å². The van der Waals surface area contributed by atoms with Crippen LogP contribution in [-0.2, 0) is 6.54 Å². The first-order valence-electron chi connectivity index (χ1n) is 6.35. The molecule has 1 aromatic heterocycles. The number of rotatable bonds is 5. The molecule has 0 aromatic carbocycles. The molecule has 0 atom stereocenters. The van der Waals surface area contributed by atoms with Crippen molar-refractivity contribution in [1.29, 1.82) is 0 Å². The second-order valence-electron chi connectivity index (χ2n) is 4.88. The molecular formula is C13H22N4. The molecular weight excluding hydrogens is 212 g/mol. The van der Waals surface area contributed by atoms with Gasteiger partial charge >= 0.3 is 0 Å². The second-order valence-corrected chi connectivity index (χ2v) is 4.88. The van der Waals surface area contributed by atoms with E-state index in [2.05, 4.69) is 27.9 Å². The van der Waals surface area contributed by atoms with Gasteiger partial charge in [0.15, 0.2) is 0 Å². The number of anilines is 1. The Labute approximate surface area is 103 Å². The average molecular weight is 234 g/mol. The van der Waals surface area contributed by atoms with E-state index in [4.69, 9.17) is 5.73 Å². The highest BCUT2D eigenvalue weighted by molar-refractivity contribution is 5.29. The van der Waals surface area contributed by atoms with Crippen molar-refractivity contribution in [2.24, 2.45) is 0 Å². The minimum atomic E-state index is 0.591. The molecule has 0 spiro atoms. The Morgan fingerprint density at radius 2 is 2.12 bits per heavy atom. The van der Waals surface area contributed by atoms with Crippen molar-refractivity contribution in [1.82, 2.24) is 14.8 Å². The normalized spacial score (nSPS) is 16.8. The summed E-state index contributed by atoms with van der Waals surface area (Å²) in [7, 11) is 2.16. The maximum atomic E-state index is 5.57. The fraction of sp³-hybridized carbons (Fsp3) is 0.615. The van der Waals surface area contributed by atoms with Gasteiger partial charge in [-0.3, -0.25) is 0 Å². The molecule has 2 heterocycles. The van der Waals surface area contributed by atoms with Crippen molar-refractivity contribution in [2.45, 2.75) is 19.4 Å². The fourth-order valence-electron chi connectivity index (χ4n) is 2.24. The zero-order valence-electron chi connectivity index (χ0n) is 10.6. The van der Waals surface area contributed by atoms with Gasteiger partial charge in [0.05, 0.1) is 0 Å². The zero-order valence-corrected chi connectivity index (χ0v) is 10.6. The van der Waals surface area contributed by atoms with Gasteiger partial charge in [0.2, 0.25) is 0 Å². The van der Waals surface area contributed by atoms with Crippen molar-refractivity contribution in [2.75, 3.05) is 39.0 Å². The van der Waals surface area contributed by atoms with Crippen LogP contribution in [0.3, 0.4) is 0 Å². The Kier molecular flexibility index (Phi) is 4.34. The van der Waals surface area contributed by atoms with E-state index in [-0.39, 0.29) is 0 Å². The predicted molar refractivity (Wildman–Crippen MR) is 70.7 cm³/mol. The topological polar surface area (TPSA) is 45.4 Å². The van der Waals surface area contributed by atoms with Crippen LogP contribution in [0.1, 0.15) is 18.4 Å². The lowest BCUT2D eigenvalue weighted by molar-refractivity contribution is 0.252. The number of likely N-dealkylation sites (N-methyl/N-ethyl adjacent to an activating group) is 1. The minimum Gasteiger partial charge on any atom is -0.384 e. The summed E-state index contributed by atoms with van der Waals surface area (Å²) in [6.07, 6.45) is 4.60. The van der Waals surface area contributed by atoms with E-state index in [0.717, 1.165) is 13.1 Å². The van der Waals surface area contributed by atoms with Gasteiger partial charge in [-0.15, -0.1) is 0 Å².